The molecule has 226 valence electrons. The first-order valence-corrected chi connectivity index (χ1v) is 15.1. The normalized spacial score (nSPS) is 13.9. The molecule has 0 amide bonds. The summed E-state index contributed by atoms with van der Waals surface area (Å²) in [6, 6.07) is 8.16. The van der Waals surface area contributed by atoms with Gasteiger partial charge < -0.3 is 0 Å². The van der Waals surface area contributed by atoms with Gasteiger partial charge in [-0.05, 0) is 93.7 Å². The first-order valence-electron chi connectivity index (χ1n) is 15.1. The molecule has 0 fully saturated rings. The smallest absolute Gasteiger partial charge is 0.288 e. The van der Waals surface area contributed by atoms with Crippen LogP contribution in [0.2, 0.25) is 0 Å². The molecule has 4 rings (SSSR count). The van der Waals surface area contributed by atoms with E-state index in [9.17, 15) is 13.2 Å². The van der Waals surface area contributed by atoms with Gasteiger partial charge in [-0.2, -0.15) is 13.2 Å². The van der Waals surface area contributed by atoms with E-state index in [1.165, 1.54) is 18.0 Å². The molecule has 0 aliphatic carbocycles. The Morgan fingerprint density at radius 2 is 1.19 bits per heavy atom. The Morgan fingerprint density at radius 1 is 0.714 bits per heavy atom. The molecule has 2 unspecified atom stereocenters. The maximum atomic E-state index is 13.9. The molecule has 0 bridgehead atoms. The highest BCUT2D eigenvalue weighted by atomic mass is 19.4. The predicted octanol–water partition coefficient (Wildman–Crippen LogP) is 9.09. The van der Waals surface area contributed by atoms with Crippen LogP contribution in [0.25, 0.3) is 11.6 Å². The molecule has 6 nitrogen and oxygen atoms in total. The van der Waals surface area contributed by atoms with Crippen LogP contribution in [0, 0.1) is 6.92 Å². The van der Waals surface area contributed by atoms with Gasteiger partial charge in [0.1, 0.15) is 17.5 Å². The fourth-order valence-corrected chi connectivity index (χ4v) is 5.79. The third kappa shape index (κ3) is 6.45. The molecule has 0 aliphatic rings. The topological polar surface area (TPSA) is 61.4 Å². The van der Waals surface area contributed by atoms with E-state index in [2.05, 4.69) is 69.7 Å². The lowest BCUT2D eigenvalue weighted by molar-refractivity contribution is -0.146. The number of imidazole rings is 2. The minimum Gasteiger partial charge on any atom is -0.288 e. The molecule has 0 spiro atoms. The lowest BCUT2D eigenvalue weighted by Crippen LogP contribution is -2.25. The molecule has 2 atom stereocenters. The van der Waals surface area contributed by atoms with Crippen molar-refractivity contribution in [3.8, 4) is 11.6 Å². The number of hydrogen-bond donors (Lipinski definition) is 0. The van der Waals surface area contributed by atoms with Crippen molar-refractivity contribution in [1.29, 1.82) is 0 Å². The van der Waals surface area contributed by atoms with Gasteiger partial charge in [-0.15, -0.1) is 0 Å². The summed E-state index contributed by atoms with van der Waals surface area (Å²) in [7, 11) is 0. The summed E-state index contributed by atoms with van der Waals surface area (Å²) in [6.45, 7) is 14.7. The summed E-state index contributed by atoms with van der Waals surface area (Å²) < 4.78 is 44.8. The Labute approximate surface area is 247 Å². The van der Waals surface area contributed by atoms with Crippen molar-refractivity contribution in [2.24, 2.45) is 0 Å². The van der Waals surface area contributed by atoms with Gasteiger partial charge in [0.15, 0.2) is 0 Å². The van der Waals surface area contributed by atoms with Gasteiger partial charge in [0.25, 0.3) is 0 Å². The lowest BCUT2D eigenvalue weighted by Gasteiger charge is -2.28. The maximum absolute atomic E-state index is 13.9. The molecule has 0 aliphatic heterocycles. The molecule has 0 saturated heterocycles. The number of aryl methyl sites for hydroxylation is 1. The predicted molar refractivity (Wildman–Crippen MR) is 160 cm³/mol. The molecule has 0 aromatic carbocycles. The quantitative estimate of drug-likeness (QED) is 0.168. The van der Waals surface area contributed by atoms with Crippen LogP contribution < -0.4 is 0 Å². The van der Waals surface area contributed by atoms with Gasteiger partial charge in [0, 0.05) is 30.2 Å². The number of rotatable bonds is 12. The van der Waals surface area contributed by atoms with Crippen LogP contribution >= 0.6 is 0 Å². The molecular formula is C33H43F3N6. The molecule has 42 heavy (non-hydrogen) atoms. The SMILES string of the molecule is CCCC(CC)c1cc(-n2ccnc2C)nc(C(C)(C)c2cc(C(CC)CCC)cc(-n3ccnc3C(F)(F)F)n2)c1. The zero-order chi connectivity index (χ0) is 30.7. The maximum Gasteiger partial charge on any atom is 0.450 e. The Kier molecular flexibility index (Phi) is 9.58. The molecule has 0 radical (unpaired) electrons. The zero-order valence-electron chi connectivity index (χ0n) is 25.8. The Hall–Kier alpha value is -3.49. The van der Waals surface area contributed by atoms with Crippen LogP contribution in [0.1, 0.15) is 126 Å². The second-order valence-corrected chi connectivity index (χ2v) is 11.7. The molecule has 4 aromatic heterocycles. The molecular weight excluding hydrogens is 537 g/mol. The van der Waals surface area contributed by atoms with Crippen LogP contribution in [0.3, 0.4) is 0 Å². The number of pyridine rings is 2. The zero-order valence-corrected chi connectivity index (χ0v) is 25.8. The van der Waals surface area contributed by atoms with Crippen molar-refractivity contribution in [1.82, 2.24) is 29.1 Å². The molecule has 4 aromatic rings. The summed E-state index contributed by atoms with van der Waals surface area (Å²) in [5.41, 5.74) is 2.96. The van der Waals surface area contributed by atoms with Crippen LogP contribution in [0.5, 0.6) is 0 Å². The van der Waals surface area contributed by atoms with Gasteiger partial charge >= 0.3 is 6.18 Å². The highest BCUT2D eigenvalue weighted by Gasteiger charge is 2.37. The third-order valence-corrected chi connectivity index (χ3v) is 8.37. The largest absolute Gasteiger partial charge is 0.450 e. The molecule has 4 heterocycles. The minimum absolute atomic E-state index is 0.196. The lowest BCUT2D eigenvalue weighted by atomic mass is 9.80. The number of aromatic nitrogens is 6. The van der Waals surface area contributed by atoms with E-state index in [1.54, 1.807) is 12.3 Å². The third-order valence-electron chi connectivity index (χ3n) is 8.37. The monoisotopic (exact) mass is 580 g/mol. The number of alkyl halides is 3. The highest BCUT2D eigenvalue weighted by molar-refractivity contribution is 5.43. The van der Waals surface area contributed by atoms with E-state index in [-0.39, 0.29) is 11.7 Å². The number of hydrogen-bond acceptors (Lipinski definition) is 4. The van der Waals surface area contributed by atoms with E-state index in [1.807, 2.05) is 17.7 Å². The van der Waals surface area contributed by atoms with Gasteiger partial charge in [-0.25, -0.2) is 19.9 Å². The summed E-state index contributed by atoms with van der Waals surface area (Å²) in [5, 5.41) is 0. The Bertz CT molecular complexity index is 1480. The van der Waals surface area contributed by atoms with Gasteiger partial charge in [0.2, 0.25) is 5.82 Å². The van der Waals surface area contributed by atoms with Crippen molar-refractivity contribution in [3.63, 3.8) is 0 Å². The number of nitrogens with zero attached hydrogens (tertiary/aromatic N) is 6. The summed E-state index contributed by atoms with van der Waals surface area (Å²) in [4.78, 5) is 18.0. The van der Waals surface area contributed by atoms with E-state index in [0.29, 0.717) is 11.6 Å². The van der Waals surface area contributed by atoms with Crippen molar-refractivity contribution < 1.29 is 13.2 Å². The second-order valence-electron chi connectivity index (χ2n) is 11.7. The van der Waals surface area contributed by atoms with Crippen molar-refractivity contribution in [3.05, 3.63) is 83.2 Å². The highest BCUT2D eigenvalue weighted by Crippen LogP contribution is 2.37. The Morgan fingerprint density at radius 3 is 1.62 bits per heavy atom. The van der Waals surface area contributed by atoms with Crippen LogP contribution in [0.15, 0.2) is 49.1 Å². The standard InChI is InChI=1S/C33H43F3N6/c1-8-12-23(10-3)25-18-27(39-29(20-25)41-16-14-37-22(41)5)32(6,7)28-19-26(24(11-4)13-9-2)21-30(40-28)42-17-15-38-31(42)33(34,35)36/h14-21,23-24H,8-13H2,1-7H3. The fourth-order valence-electron chi connectivity index (χ4n) is 5.79. The fraction of sp³-hybridized carbons (Fsp3) is 0.515. The van der Waals surface area contributed by atoms with Gasteiger partial charge in [0.05, 0.1) is 11.4 Å². The minimum atomic E-state index is -4.60. The number of halogens is 3. The van der Waals surface area contributed by atoms with Crippen molar-refractivity contribution in [2.75, 3.05) is 0 Å². The summed E-state index contributed by atoms with van der Waals surface area (Å²) in [5.74, 6) is 1.40. The van der Waals surface area contributed by atoms with E-state index >= 15 is 0 Å². The van der Waals surface area contributed by atoms with Crippen LogP contribution in [-0.4, -0.2) is 29.1 Å². The first kappa shape index (κ1) is 31.4. The summed E-state index contributed by atoms with van der Waals surface area (Å²) >= 11 is 0. The first-order chi connectivity index (χ1) is 19.9. The van der Waals surface area contributed by atoms with E-state index in [4.69, 9.17) is 9.97 Å². The van der Waals surface area contributed by atoms with E-state index < -0.39 is 17.4 Å². The van der Waals surface area contributed by atoms with Crippen LogP contribution in [-0.2, 0) is 11.6 Å². The molecule has 0 saturated carbocycles. The summed E-state index contributed by atoms with van der Waals surface area (Å²) in [6.07, 6.45) is 7.47. The van der Waals surface area contributed by atoms with Gasteiger partial charge in [-0.3, -0.25) is 9.13 Å². The van der Waals surface area contributed by atoms with Crippen LogP contribution in [0.4, 0.5) is 13.2 Å². The molecule has 9 heteroatoms. The second kappa shape index (κ2) is 12.8. The molecule has 0 N–H and O–H groups in total. The Balaban J connectivity index is 1.95. The average molecular weight is 581 g/mol. The van der Waals surface area contributed by atoms with Gasteiger partial charge in [-0.1, -0.05) is 40.5 Å². The van der Waals surface area contributed by atoms with E-state index in [0.717, 1.165) is 66.0 Å². The average Bonchev–Trinajstić information content (AvgIpc) is 3.63. The van der Waals surface area contributed by atoms with Crippen molar-refractivity contribution in [2.45, 2.75) is 110 Å². The van der Waals surface area contributed by atoms with Crippen molar-refractivity contribution >= 4 is 0 Å².